The predicted octanol–water partition coefficient (Wildman–Crippen LogP) is 0.394. The average molecular weight is 209 g/mol. The fourth-order valence-electron chi connectivity index (χ4n) is 2.09. The quantitative estimate of drug-likeness (QED) is 0.782. The van der Waals surface area contributed by atoms with Gasteiger partial charge in [-0.2, -0.15) is 0 Å². The molecule has 1 aliphatic heterocycles. The van der Waals surface area contributed by atoms with Crippen LogP contribution in [0.5, 0.6) is 0 Å². The van der Waals surface area contributed by atoms with Crippen LogP contribution in [-0.2, 0) is 6.54 Å². The molecule has 0 bridgehead atoms. The summed E-state index contributed by atoms with van der Waals surface area (Å²) in [7, 11) is 0. The third-order valence-electron chi connectivity index (χ3n) is 3.15. The van der Waals surface area contributed by atoms with Gasteiger partial charge in [0.2, 0.25) is 0 Å². The van der Waals surface area contributed by atoms with E-state index >= 15 is 0 Å². The minimum atomic E-state index is 0.480. The van der Waals surface area contributed by atoms with Crippen molar-refractivity contribution in [1.82, 2.24) is 19.9 Å². The van der Waals surface area contributed by atoms with Gasteiger partial charge in [0, 0.05) is 19.6 Å². The molecule has 1 fully saturated rings. The van der Waals surface area contributed by atoms with Gasteiger partial charge in [0.25, 0.3) is 0 Å². The van der Waals surface area contributed by atoms with Gasteiger partial charge in [-0.05, 0) is 19.4 Å². The van der Waals surface area contributed by atoms with Crippen LogP contribution in [0, 0.1) is 0 Å². The summed E-state index contributed by atoms with van der Waals surface area (Å²) in [6, 6.07) is 0.514. The number of rotatable bonds is 3. The van der Waals surface area contributed by atoms with Gasteiger partial charge in [0.15, 0.2) is 0 Å². The summed E-state index contributed by atoms with van der Waals surface area (Å²) in [5.74, 6) is 0. The van der Waals surface area contributed by atoms with Gasteiger partial charge in [0.05, 0.1) is 17.9 Å². The van der Waals surface area contributed by atoms with Crippen LogP contribution in [0.3, 0.4) is 0 Å². The summed E-state index contributed by atoms with van der Waals surface area (Å²) in [5, 5.41) is 8.15. The molecule has 0 aromatic carbocycles. The van der Waals surface area contributed by atoms with Gasteiger partial charge in [-0.25, -0.2) is 4.68 Å². The summed E-state index contributed by atoms with van der Waals surface area (Å²) in [4.78, 5) is 2.47. The van der Waals surface area contributed by atoms with E-state index in [1.807, 2.05) is 10.9 Å². The molecule has 0 unspecified atom stereocenters. The van der Waals surface area contributed by atoms with E-state index in [9.17, 15) is 0 Å². The van der Waals surface area contributed by atoms with Crippen molar-refractivity contribution in [3.05, 3.63) is 11.9 Å². The molecule has 5 heteroatoms. The lowest BCUT2D eigenvalue weighted by Crippen LogP contribution is -2.34. The zero-order chi connectivity index (χ0) is 10.7. The second kappa shape index (κ2) is 4.72. The van der Waals surface area contributed by atoms with Crippen molar-refractivity contribution in [2.45, 2.75) is 32.4 Å². The minimum Gasteiger partial charge on any atom is -0.325 e. The lowest BCUT2D eigenvalue weighted by Gasteiger charge is -2.30. The van der Waals surface area contributed by atoms with Crippen LogP contribution in [0.25, 0.3) is 0 Å². The number of nitrogens with zero attached hydrogens (tertiary/aromatic N) is 4. The molecule has 2 heterocycles. The molecule has 5 nitrogen and oxygen atoms in total. The highest BCUT2D eigenvalue weighted by Gasteiger charge is 2.20. The lowest BCUT2D eigenvalue weighted by atomic mass is 10.1. The highest BCUT2D eigenvalue weighted by molar-refractivity contribution is 4.92. The molecule has 15 heavy (non-hydrogen) atoms. The van der Waals surface area contributed by atoms with Crippen LogP contribution in [0.4, 0.5) is 0 Å². The number of hydrogen-bond donors (Lipinski definition) is 1. The fraction of sp³-hybridized carbons (Fsp3) is 0.800. The Kier molecular flexibility index (Phi) is 3.33. The smallest absolute Gasteiger partial charge is 0.0962 e. The molecule has 1 aromatic heterocycles. The second-order valence-corrected chi connectivity index (χ2v) is 4.06. The van der Waals surface area contributed by atoms with Crippen LogP contribution in [0.1, 0.15) is 31.5 Å². The number of aromatic nitrogens is 3. The number of nitrogens with two attached hydrogens (primary N) is 1. The first-order valence-electron chi connectivity index (χ1n) is 5.66. The van der Waals surface area contributed by atoms with E-state index in [0.29, 0.717) is 12.6 Å². The molecule has 2 N–H and O–H groups in total. The molecule has 1 aromatic rings. The molecule has 0 saturated carbocycles. The lowest BCUT2D eigenvalue weighted by molar-refractivity contribution is 0.186. The van der Waals surface area contributed by atoms with Gasteiger partial charge in [-0.15, -0.1) is 5.10 Å². The van der Waals surface area contributed by atoms with Crippen molar-refractivity contribution in [3.63, 3.8) is 0 Å². The molecule has 1 aliphatic rings. The summed E-state index contributed by atoms with van der Waals surface area (Å²) >= 11 is 0. The van der Waals surface area contributed by atoms with E-state index in [0.717, 1.165) is 12.2 Å². The Morgan fingerprint density at radius 1 is 1.47 bits per heavy atom. The van der Waals surface area contributed by atoms with E-state index < -0.39 is 0 Å². The van der Waals surface area contributed by atoms with Gasteiger partial charge in [-0.1, -0.05) is 12.1 Å². The number of hydrogen-bond acceptors (Lipinski definition) is 4. The van der Waals surface area contributed by atoms with Crippen LogP contribution in [0.15, 0.2) is 6.20 Å². The molecule has 2 rings (SSSR count). The van der Waals surface area contributed by atoms with E-state index in [4.69, 9.17) is 5.73 Å². The maximum atomic E-state index is 5.51. The zero-order valence-electron chi connectivity index (χ0n) is 9.26. The van der Waals surface area contributed by atoms with Crippen molar-refractivity contribution < 1.29 is 0 Å². The van der Waals surface area contributed by atoms with Crippen LogP contribution >= 0.6 is 0 Å². The Morgan fingerprint density at radius 2 is 2.20 bits per heavy atom. The topological polar surface area (TPSA) is 60.0 Å². The molecule has 0 radical (unpaired) electrons. The first-order chi connectivity index (χ1) is 7.33. The largest absolute Gasteiger partial charge is 0.325 e. The molecule has 0 spiro atoms. The number of piperidine rings is 1. The summed E-state index contributed by atoms with van der Waals surface area (Å²) < 4.78 is 1.98. The van der Waals surface area contributed by atoms with Crippen LogP contribution in [0.2, 0.25) is 0 Å². The fourth-order valence-corrected chi connectivity index (χ4v) is 2.09. The van der Waals surface area contributed by atoms with Crippen molar-refractivity contribution in [2.24, 2.45) is 5.73 Å². The van der Waals surface area contributed by atoms with Gasteiger partial charge < -0.3 is 10.6 Å². The van der Waals surface area contributed by atoms with Crippen molar-refractivity contribution in [3.8, 4) is 0 Å². The molecule has 1 saturated heterocycles. The van der Waals surface area contributed by atoms with E-state index in [1.54, 1.807) is 0 Å². The minimum absolute atomic E-state index is 0.480. The summed E-state index contributed by atoms with van der Waals surface area (Å²) in [6.45, 7) is 6.17. The SMILES string of the molecule is CCN1CCC(n2cc(CN)nn2)CC1. The first-order valence-corrected chi connectivity index (χ1v) is 5.66. The van der Waals surface area contributed by atoms with Crippen molar-refractivity contribution in [1.29, 1.82) is 0 Å². The normalized spacial score (nSPS) is 19.6. The van der Waals surface area contributed by atoms with Gasteiger partial charge >= 0.3 is 0 Å². The Labute approximate surface area is 90.2 Å². The molecule has 0 aliphatic carbocycles. The van der Waals surface area contributed by atoms with Crippen LogP contribution in [-0.4, -0.2) is 39.5 Å². The Hall–Kier alpha value is -0.940. The van der Waals surface area contributed by atoms with Crippen molar-refractivity contribution in [2.75, 3.05) is 19.6 Å². The van der Waals surface area contributed by atoms with E-state index in [1.165, 1.54) is 25.9 Å². The van der Waals surface area contributed by atoms with E-state index in [-0.39, 0.29) is 0 Å². The average Bonchev–Trinajstić information content (AvgIpc) is 2.78. The monoisotopic (exact) mass is 209 g/mol. The summed E-state index contributed by atoms with van der Waals surface area (Å²) in [5.41, 5.74) is 6.39. The second-order valence-electron chi connectivity index (χ2n) is 4.06. The molecule has 0 amide bonds. The summed E-state index contributed by atoms with van der Waals surface area (Å²) in [6.07, 6.45) is 4.31. The third kappa shape index (κ3) is 2.35. The first kappa shape index (κ1) is 10.6. The van der Waals surface area contributed by atoms with Gasteiger partial charge in [0.1, 0.15) is 0 Å². The predicted molar refractivity (Wildman–Crippen MR) is 58.3 cm³/mol. The zero-order valence-corrected chi connectivity index (χ0v) is 9.26. The maximum absolute atomic E-state index is 5.51. The van der Waals surface area contributed by atoms with E-state index in [2.05, 4.69) is 22.1 Å². The molecule has 0 atom stereocenters. The Bertz CT molecular complexity index is 301. The molecular formula is C10H19N5. The maximum Gasteiger partial charge on any atom is 0.0962 e. The number of likely N-dealkylation sites (tertiary alicyclic amines) is 1. The van der Waals surface area contributed by atoms with Crippen molar-refractivity contribution >= 4 is 0 Å². The molecule has 84 valence electrons. The van der Waals surface area contributed by atoms with Crippen LogP contribution < -0.4 is 5.73 Å². The standard InChI is InChI=1S/C10H19N5/c1-2-14-5-3-10(4-6-14)15-8-9(7-11)12-13-15/h8,10H,2-7,11H2,1H3. The van der Waals surface area contributed by atoms with Gasteiger partial charge in [-0.3, -0.25) is 0 Å². The Morgan fingerprint density at radius 3 is 2.73 bits per heavy atom. The molecular weight excluding hydrogens is 190 g/mol. The Balaban J connectivity index is 1.95. The highest BCUT2D eigenvalue weighted by atomic mass is 15.4. The third-order valence-corrected chi connectivity index (χ3v) is 3.15. The highest BCUT2D eigenvalue weighted by Crippen LogP contribution is 2.21.